The van der Waals surface area contributed by atoms with Gasteiger partial charge in [0.1, 0.15) is 5.82 Å². The lowest BCUT2D eigenvalue weighted by Gasteiger charge is -2.36. The van der Waals surface area contributed by atoms with Crippen LogP contribution >= 0.6 is 11.8 Å². The highest BCUT2D eigenvalue weighted by Crippen LogP contribution is 2.27. The van der Waals surface area contributed by atoms with Crippen LogP contribution < -0.4 is 5.32 Å². The van der Waals surface area contributed by atoms with Gasteiger partial charge in [0.2, 0.25) is 0 Å². The average molecular weight is 280 g/mol. The number of likely N-dealkylation sites (tertiary alicyclic amines) is 1. The second-order valence-electron chi connectivity index (χ2n) is 5.44. The van der Waals surface area contributed by atoms with E-state index in [1.165, 1.54) is 25.9 Å². The molecule has 2 saturated heterocycles. The van der Waals surface area contributed by atoms with Gasteiger partial charge in [0, 0.05) is 29.8 Å². The van der Waals surface area contributed by atoms with Gasteiger partial charge in [-0.2, -0.15) is 0 Å². The summed E-state index contributed by atoms with van der Waals surface area (Å²) in [4.78, 5) is 3.38. The molecule has 0 spiro atoms. The lowest BCUT2D eigenvalue weighted by molar-refractivity contribution is 0.133. The molecule has 0 aliphatic carbocycles. The second-order valence-corrected chi connectivity index (χ2v) is 6.58. The van der Waals surface area contributed by atoms with E-state index in [0.29, 0.717) is 0 Å². The smallest absolute Gasteiger partial charge is 0.136 e. The van der Waals surface area contributed by atoms with Crippen molar-refractivity contribution in [3.05, 3.63) is 30.1 Å². The first-order valence-corrected chi connectivity index (χ1v) is 8.15. The van der Waals surface area contributed by atoms with Crippen molar-refractivity contribution in [3.8, 4) is 0 Å². The molecule has 0 bridgehead atoms. The van der Waals surface area contributed by atoms with Crippen molar-refractivity contribution in [3.63, 3.8) is 0 Å². The Bertz CT molecular complexity index is 426. The van der Waals surface area contributed by atoms with Gasteiger partial charge in [-0.25, -0.2) is 4.39 Å². The number of hydrogen-bond acceptors (Lipinski definition) is 3. The van der Waals surface area contributed by atoms with Crippen LogP contribution in [0.15, 0.2) is 29.2 Å². The number of rotatable bonds is 4. The maximum atomic E-state index is 13.5. The summed E-state index contributed by atoms with van der Waals surface area (Å²) in [6.07, 6.45) is 2.68. The summed E-state index contributed by atoms with van der Waals surface area (Å²) in [6.45, 7) is 4.60. The third-order valence-electron chi connectivity index (χ3n) is 4.27. The molecule has 1 aromatic carbocycles. The average Bonchev–Trinajstić information content (AvgIpc) is 2.90. The molecule has 0 radical (unpaired) electrons. The van der Waals surface area contributed by atoms with Crippen molar-refractivity contribution in [2.24, 2.45) is 5.92 Å². The van der Waals surface area contributed by atoms with E-state index < -0.39 is 0 Å². The van der Waals surface area contributed by atoms with Crippen LogP contribution in [-0.4, -0.2) is 42.9 Å². The zero-order chi connectivity index (χ0) is 13.1. The topological polar surface area (TPSA) is 15.3 Å². The highest BCUT2D eigenvalue weighted by atomic mass is 32.2. The summed E-state index contributed by atoms with van der Waals surface area (Å²) in [6, 6.07) is 7.79. The number of fused-ring (bicyclic) bond motifs is 1. The first kappa shape index (κ1) is 13.4. The van der Waals surface area contributed by atoms with Crippen LogP contribution in [0, 0.1) is 11.7 Å². The van der Waals surface area contributed by atoms with E-state index in [1.807, 2.05) is 12.1 Å². The lowest BCUT2D eigenvalue weighted by atomic mass is 9.92. The van der Waals surface area contributed by atoms with Crippen LogP contribution in [0.3, 0.4) is 0 Å². The fourth-order valence-electron chi connectivity index (χ4n) is 3.28. The van der Waals surface area contributed by atoms with Crippen molar-refractivity contribution >= 4 is 11.8 Å². The largest absolute Gasteiger partial charge is 0.315 e. The minimum absolute atomic E-state index is 0.0912. The van der Waals surface area contributed by atoms with E-state index in [-0.39, 0.29) is 5.82 Å². The van der Waals surface area contributed by atoms with E-state index in [1.54, 1.807) is 23.9 Å². The Kier molecular flexibility index (Phi) is 4.41. The summed E-state index contributed by atoms with van der Waals surface area (Å²) >= 11 is 1.64. The SMILES string of the molecule is Fc1ccccc1SCCN1CCCC2CNCC21. The third kappa shape index (κ3) is 3.12. The first-order valence-electron chi connectivity index (χ1n) is 7.16. The van der Waals surface area contributed by atoms with Gasteiger partial charge in [-0.1, -0.05) is 12.1 Å². The number of piperidine rings is 1. The molecule has 4 heteroatoms. The van der Waals surface area contributed by atoms with E-state index >= 15 is 0 Å². The molecule has 1 N–H and O–H groups in total. The van der Waals surface area contributed by atoms with Crippen LogP contribution in [0.4, 0.5) is 4.39 Å². The summed E-state index contributed by atoms with van der Waals surface area (Å²) in [5.41, 5.74) is 0. The van der Waals surface area contributed by atoms with E-state index in [4.69, 9.17) is 0 Å². The maximum Gasteiger partial charge on any atom is 0.136 e. The van der Waals surface area contributed by atoms with Gasteiger partial charge in [0.15, 0.2) is 0 Å². The zero-order valence-corrected chi connectivity index (χ0v) is 12.0. The van der Waals surface area contributed by atoms with Crippen molar-refractivity contribution in [2.75, 3.05) is 31.9 Å². The molecule has 2 aliphatic rings. The Labute approximate surface area is 118 Å². The zero-order valence-electron chi connectivity index (χ0n) is 11.1. The molecule has 2 aliphatic heterocycles. The normalized spacial score (nSPS) is 27.4. The summed E-state index contributed by atoms with van der Waals surface area (Å²) in [5, 5.41) is 3.50. The second kappa shape index (κ2) is 6.25. The summed E-state index contributed by atoms with van der Waals surface area (Å²) in [7, 11) is 0. The molecule has 2 unspecified atom stereocenters. The van der Waals surface area contributed by atoms with Crippen LogP contribution in [0.25, 0.3) is 0 Å². The van der Waals surface area contributed by atoms with Gasteiger partial charge < -0.3 is 5.32 Å². The number of nitrogens with one attached hydrogen (secondary N) is 1. The van der Waals surface area contributed by atoms with Crippen molar-refractivity contribution < 1.29 is 4.39 Å². The molecular formula is C15H21FN2S. The van der Waals surface area contributed by atoms with Crippen molar-refractivity contribution in [1.82, 2.24) is 10.2 Å². The van der Waals surface area contributed by atoms with E-state index in [0.717, 1.165) is 35.7 Å². The Morgan fingerprint density at radius 3 is 3.11 bits per heavy atom. The number of hydrogen-bond donors (Lipinski definition) is 1. The molecule has 1 aromatic rings. The van der Waals surface area contributed by atoms with Gasteiger partial charge in [0.05, 0.1) is 0 Å². The monoisotopic (exact) mass is 280 g/mol. The standard InChI is InChI=1S/C15H21FN2S/c16-13-5-1-2-6-15(13)19-9-8-18-7-3-4-12-10-17-11-14(12)18/h1-2,5-6,12,14,17H,3-4,7-11H2. The van der Waals surface area contributed by atoms with Crippen molar-refractivity contribution in [1.29, 1.82) is 0 Å². The Hall–Kier alpha value is -0.580. The Morgan fingerprint density at radius 2 is 2.21 bits per heavy atom. The first-order chi connectivity index (χ1) is 9.34. The fourth-order valence-corrected chi connectivity index (χ4v) is 4.20. The molecule has 3 rings (SSSR count). The molecule has 2 heterocycles. The Morgan fingerprint density at radius 1 is 1.32 bits per heavy atom. The number of halogens is 1. The third-order valence-corrected chi connectivity index (χ3v) is 5.29. The highest BCUT2D eigenvalue weighted by molar-refractivity contribution is 7.99. The van der Waals surface area contributed by atoms with Gasteiger partial charge >= 0.3 is 0 Å². The summed E-state index contributed by atoms with van der Waals surface area (Å²) in [5.74, 6) is 1.73. The van der Waals surface area contributed by atoms with Gasteiger partial charge in [-0.15, -0.1) is 11.8 Å². The fraction of sp³-hybridized carbons (Fsp3) is 0.600. The number of benzene rings is 1. The molecule has 19 heavy (non-hydrogen) atoms. The van der Waals surface area contributed by atoms with Crippen LogP contribution in [0.5, 0.6) is 0 Å². The number of nitrogens with zero attached hydrogens (tertiary/aromatic N) is 1. The molecule has 2 fully saturated rings. The quantitative estimate of drug-likeness (QED) is 0.854. The number of thioether (sulfide) groups is 1. The minimum Gasteiger partial charge on any atom is -0.315 e. The van der Waals surface area contributed by atoms with Crippen LogP contribution in [0.1, 0.15) is 12.8 Å². The molecule has 0 saturated carbocycles. The predicted molar refractivity (Wildman–Crippen MR) is 78.1 cm³/mol. The molecule has 2 atom stereocenters. The molecule has 0 amide bonds. The van der Waals surface area contributed by atoms with E-state index in [9.17, 15) is 4.39 Å². The van der Waals surface area contributed by atoms with E-state index in [2.05, 4.69) is 10.2 Å². The highest BCUT2D eigenvalue weighted by Gasteiger charge is 2.34. The molecule has 0 aromatic heterocycles. The maximum absolute atomic E-state index is 13.5. The van der Waals surface area contributed by atoms with Gasteiger partial charge in [-0.05, 0) is 44.0 Å². The molecule has 2 nitrogen and oxygen atoms in total. The predicted octanol–water partition coefficient (Wildman–Crippen LogP) is 2.60. The minimum atomic E-state index is -0.0912. The van der Waals surface area contributed by atoms with Gasteiger partial charge in [0.25, 0.3) is 0 Å². The Balaban J connectivity index is 1.51. The molecular weight excluding hydrogens is 259 g/mol. The van der Waals surface area contributed by atoms with Crippen molar-refractivity contribution in [2.45, 2.75) is 23.8 Å². The molecule has 104 valence electrons. The van der Waals surface area contributed by atoms with Gasteiger partial charge in [-0.3, -0.25) is 4.90 Å². The summed E-state index contributed by atoms with van der Waals surface area (Å²) < 4.78 is 13.5. The lowest BCUT2D eigenvalue weighted by Crippen LogP contribution is -2.45. The van der Waals surface area contributed by atoms with Crippen LogP contribution in [0.2, 0.25) is 0 Å². The van der Waals surface area contributed by atoms with Crippen LogP contribution in [-0.2, 0) is 0 Å².